The molecule has 0 spiro atoms. The molecule has 2 rings (SSSR count). The fraction of sp³-hybridized carbons (Fsp3) is 0.500. The molecule has 0 radical (unpaired) electrons. The van der Waals surface area contributed by atoms with Crippen LogP contribution in [0.4, 0.5) is 0 Å². The van der Waals surface area contributed by atoms with E-state index in [1.165, 1.54) is 23.5 Å². The molecular formula is C12H16BrNO4S. The molecule has 0 aliphatic carbocycles. The summed E-state index contributed by atoms with van der Waals surface area (Å²) >= 11 is 3.28. The number of aliphatic hydroxyl groups excluding tert-OH is 1. The van der Waals surface area contributed by atoms with Gasteiger partial charge in [-0.2, -0.15) is 4.31 Å². The van der Waals surface area contributed by atoms with E-state index in [1.54, 1.807) is 6.07 Å². The molecule has 1 heterocycles. The van der Waals surface area contributed by atoms with Crippen molar-refractivity contribution < 1.29 is 18.3 Å². The van der Waals surface area contributed by atoms with Crippen LogP contribution in [0, 0.1) is 0 Å². The van der Waals surface area contributed by atoms with Crippen molar-refractivity contribution in [2.24, 2.45) is 0 Å². The number of ether oxygens (including phenoxy) is 1. The lowest BCUT2D eigenvalue weighted by Gasteiger charge is -2.22. The van der Waals surface area contributed by atoms with Crippen LogP contribution in [0.5, 0.6) is 5.75 Å². The Hall–Kier alpha value is -0.630. The van der Waals surface area contributed by atoms with E-state index < -0.39 is 10.0 Å². The summed E-state index contributed by atoms with van der Waals surface area (Å²) in [4.78, 5) is 0.209. The van der Waals surface area contributed by atoms with Gasteiger partial charge in [-0.1, -0.05) is 0 Å². The van der Waals surface area contributed by atoms with Gasteiger partial charge in [-0.05, 0) is 47.0 Å². The molecule has 1 N–H and O–H groups in total. The zero-order chi connectivity index (χ0) is 14.0. The number of hydrogen-bond acceptors (Lipinski definition) is 4. The summed E-state index contributed by atoms with van der Waals surface area (Å²) in [6.45, 7) is 0.313. The Balaban J connectivity index is 2.37. The smallest absolute Gasteiger partial charge is 0.243 e. The number of hydrogen-bond donors (Lipinski definition) is 1. The molecule has 1 aromatic carbocycles. The number of rotatable bonds is 4. The first-order valence-electron chi connectivity index (χ1n) is 5.97. The van der Waals surface area contributed by atoms with Crippen LogP contribution in [0.25, 0.3) is 0 Å². The topological polar surface area (TPSA) is 66.8 Å². The van der Waals surface area contributed by atoms with E-state index in [0.717, 1.165) is 6.42 Å². The van der Waals surface area contributed by atoms with Crippen molar-refractivity contribution in [3.8, 4) is 5.75 Å². The van der Waals surface area contributed by atoms with Crippen molar-refractivity contribution in [1.82, 2.24) is 4.31 Å². The minimum atomic E-state index is -3.56. The summed E-state index contributed by atoms with van der Waals surface area (Å²) in [5.74, 6) is 0.582. The van der Waals surface area contributed by atoms with Gasteiger partial charge in [0.15, 0.2) is 0 Å². The molecule has 1 fully saturated rings. The summed E-state index contributed by atoms with van der Waals surface area (Å²) in [6, 6.07) is 4.35. The number of halogens is 1. The van der Waals surface area contributed by atoms with Crippen LogP contribution in [-0.2, 0) is 10.0 Å². The highest BCUT2D eigenvalue weighted by molar-refractivity contribution is 9.10. The third kappa shape index (κ3) is 2.79. The number of nitrogens with zero attached hydrogens (tertiary/aromatic N) is 1. The average Bonchev–Trinajstić information content (AvgIpc) is 2.87. The molecule has 1 aliphatic heterocycles. The van der Waals surface area contributed by atoms with Gasteiger partial charge in [-0.25, -0.2) is 8.42 Å². The lowest BCUT2D eigenvalue weighted by atomic mass is 10.2. The van der Waals surface area contributed by atoms with E-state index in [2.05, 4.69) is 15.9 Å². The van der Waals surface area contributed by atoms with Crippen molar-refractivity contribution in [3.05, 3.63) is 22.7 Å². The minimum Gasteiger partial charge on any atom is -0.496 e. The van der Waals surface area contributed by atoms with Gasteiger partial charge in [0, 0.05) is 12.6 Å². The van der Waals surface area contributed by atoms with Crippen LogP contribution in [0.2, 0.25) is 0 Å². The Morgan fingerprint density at radius 3 is 2.84 bits per heavy atom. The molecule has 5 nitrogen and oxygen atoms in total. The summed E-state index contributed by atoms with van der Waals surface area (Å²) in [5.41, 5.74) is 0. The van der Waals surface area contributed by atoms with Gasteiger partial charge >= 0.3 is 0 Å². The first kappa shape index (κ1) is 14.8. The SMILES string of the molecule is COc1ccc(S(=O)(=O)N2CCCC2CO)cc1Br. The molecule has 0 aromatic heterocycles. The lowest BCUT2D eigenvalue weighted by Crippen LogP contribution is -2.37. The van der Waals surface area contributed by atoms with Gasteiger partial charge in [-0.3, -0.25) is 0 Å². The first-order chi connectivity index (χ1) is 9.00. The van der Waals surface area contributed by atoms with Gasteiger partial charge < -0.3 is 9.84 Å². The van der Waals surface area contributed by atoms with Crippen LogP contribution in [0.3, 0.4) is 0 Å². The molecule has 19 heavy (non-hydrogen) atoms. The Kier molecular flexibility index (Phi) is 4.50. The lowest BCUT2D eigenvalue weighted by molar-refractivity contribution is 0.213. The molecule has 106 valence electrons. The molecule has 1 aliphatic rings. The Morgan fingerprint density at radius 2 is 2.26 bits per heavy atom. The second-order valence-electron chi connectivity index (χ2n) is 4.39. The molecule has 0 bridgehead atoms. The van der Waals surface area contributed by atoms with Gasteiger partial charge in [-0.15, -0.1) is 0 Å². The Morgan fingerprint density at radius 1 is 1.53 bits per heavy atom. The summed E-state index contributed by atoms with van der Waals surface area (Å²) in [5, 5.41) is 9.25. The highest BCUT2D eigenvalue weighted by atomic mass is 79.9. The predicted molar refractivity (Wildman–Crippen MR) is 74.7 cm³/mol. The van der Waals surface area contributed by atoms with Gasteiger partial charge in [0.1, 0.15) is 5.75 Å². The normalized spacial score (nSPS) is 20.7. The van der Waals surface area contributed by atoms with Crippen molar-refractivity contribution in [1.29, 1.82) is 0 Å². The quantitative estimate of drug-likeness (QED) is 0.896. The Labute approximate surface area is 121 Å². The minimum absolute atomic E-state index is 0.142. The maximum atomic E-state index is 12.5. The maximum Gasteiger partial charge on any atom is 0.243 e. The van der Waals surface area contributed by atoms with Gasteiger partial charge in [0.2, 0.25) is 10.0 Å². The van der Waals surface area contributed by atoms with E-state index in [9.17, 15) is 13.5 Å². The number of sulfonamides is 1. The third-order valence-electron chi connectivity index (χ3n) is 3.26. The molecule has 1 saturated heterocycles. The van der Waals surface area contributed by atoms with Gasteiger partial charge in [0.25, 0.3) is 0 Å². The first-order valence-corrected chi connectivity index (χ1v) is 8.20. The van der Waals surface area contributed by atoms with Crippen molar-refractivity contribution in [3.63, 3.8) is 0 Å². The van der Waals surface area contributed by atoms with Crippen LogP contribution in [0.15, 0.2) is 27.6 Å². The second-order valence-corrected chi connectivity index (χ2v) is 7.14. The molecular weight excluding hydrogens is 334 g/mol. The number of aliphatic hydroxyl groups is 1. The molecule has 1 unspecified atom stereocenters. The largest absolute Gasteiger partial charge is 0.496 e. The monoisotopic (exact) mass is 349 g/mol. The fourth-order valence-electron chi connectivity index (χ4n) is 2.25. The molecule has 7 heteroatoms. The van der Waals surface area contributed by atoms with E-state index >= 15 is 0 Å². The van der Waals surface area contributed by atoms with E-state index in [0.29, 0.717) is 23.2 Å². The average molecular weight is 350 g/mol. The zero-order valence-electron chi connectivity index (χ0n) is 10.5. The molecule has 1 aromatic rings. The van der Waals surface area contributed by atoms with E-state index in [-0.39, 0.29) is 17.5 Å². The molecule has 0 saturated carbocycles. The van der Waals surface area contributed by atoms with Crippen LogP contribution < -0.4 is 4.74 Å². The third-order valence-corrected chi connectivity index (χ3v) is 5.83. The fourth-order valence-corrected chi connectivity index (χ4v) is 4.65. The molecule has 0 amide bonds. The number of methoxy groups -OCH3 is 1. The van der Waals surface area contributed by atoms with E-state index in [1.807, 2.05) is 0 Å². The Bertz CT molecular complexity index is 561. The summed E-state index contributed by atoms with van der Waals surface area (Å²) < 4.78 is 32.1. The van der Waals surface area contributed by atoms with Crippen molar-refractivity contribution in [2.45, 2.75) is 23.8 Å². The van der Waals surface area contributed by atoms with E-state index in [4.69, 9.17) is 4.74 Å². The van der Waals surface area contributed by atoms with Crippen molar-refractivity contribution >= 4 is 26.0 Å². The summed E-state index contributed by atoms with van der Waals surface area (Å²) in [6.07, 6.45) is 1.48. The predicted octanol–water partition coefficient (Wildman–Crippen LogP) is 1.60. The highest BCUT2D eigenvalue weighted by Crippen LogP contribution is 2.31. The standard InChI is InChI=1S/C12H16BrNO4S/c1-18-12-5-4-10(7-11(12)13)19(16,17)14-6-2-3-9(14)8-15/h4-5,7,9,15H,2-3,6,8H2,1H3. The maximum absolute atomic E-state index is 12.5. The summed E-state index contributed by atoms with van der Waals surface area (Å²) in [7, 11) is -2.04. The van der Waals surface area contributed by atoms with Crippen LogP contribution >= 0.6 is 15.9 Å². The van der Waals surface area contributed by atoms with Crippen molar-refractivity contribution in [2.75, 3.05) is 20.3 Å². The van der Waals surface area contributed by atoms with Crippen LogP contribution in [0.1, 0.15) is 12.8 Å². The molecule has 1 atom stereocenters. The highest BCUT2D eigenvalue weighted by Gasteiger charge is 2.34. The van der Waals surface area contributed by atoms with Gasteiger partial charge in [0.05, 0.1) is 23.1 Å². The number of benzene rings is 1. The zero-order valence-corrected chi connectivity index (χ0v) is 12.9. The van der Waals surface area contributed by atoms with Crippen LogP contribution in [-0.4, -0.2) is 44.1 Å². The second kappa shape index (κ2) is 5.78.